The van der Waals surface area contributed by atoms with Gasteiger partial charge in [-0.25, -0.2) is 4.98 Å². The van der Waals surface area contributed by atoms with Gasteiger partial charge in [0.2, 0.25) is 0 Å². The van der Waals surface area contributed by atoms with E-state index in [1.807, 2.05) is 6.07 Å². The highest BCUT2D eigenvalue weighted by Gasteiger charge is 2.11. The summed E-state index contributed by atoms with van der Waals surface area (Å²) in [5.74, 6) is 0. The molecule has 4 aromatic rings. The lowest BCUT2D eigenvalue weighted by atomic mass is 10.0. The minimum Gasteiger partial charge on any atom is -0.335 e. The zero-order chi connectivity index (χ0) is 15.8. The van der Waals surface area contributed by atoms with Crippen LogP contribution in [-0.2, 0) is 7.05 Å². The van der Waals surface area contributed by atoms with Gasteiger partial charge in [0.1, 0.15) is 5.65 Å². The molecule has 23 heavy (non-hydrogen) atoms. The van der Waals surface area contributed by atoms with Crippen molar-refractivity contribution in [1.82, 2.24) is 9.55 Å². The van der Waals surface area contributed by atoms with Crippen molar-refractivity contribution >= 4 is 11.0 Å². The summed E-state index contributed by atoms with van der Waals surface area (Å²) in [7, 11) is 2.06. The van der Waals surface area contributed by atoms with Crippen molar-refractivity contribution in [2.45, 2.75) is 6.92 Å². The molecule has 0 spiro atoms. The van der Waals surface area contributed by atoms with E-state index in [0.29, 0.717) is 0 Å². The quantitative estimate of drug-likeness (QED) is 0.496. The van der Waals surface area contributed by atoms with Gasteiger partial charge >= 0.3 is 0 Å². The van der Waals surface area contributed by atoms with Gasteiger partial charge in [0.05, 0.1) is 5.69 Å². The van der Waals surface area contributed by atoms with Crippen LogP contribution in [0.3, 0.4) is 0 Å². The van der Waals surface area contributed by atoms with Crippen molar-refractivity contribution in [1.29, 1.82) is 0 Å². The maximum absolute atomic E-state index is 4.88. The Hall–Kier alpha value is -2.87. The summed E-state index contributed by atoms with van der Waals surface area (Å²) in [5, 5.41) is 1.19. The summed E-state index contributed by atoms with van der Waals surface area (Å²) >= 11 is 0. The first-order chi connectivity index (χ1) is 11.2. The van der Waals surface area contributed by atoms with Crippen LogP contribution in [0, 0.1) is 6.92 Å². The van der Waals surface area contributed by atoms with E-state index < -0.39 is 0 Å². The molecule has 0 unspecified atom stereocenters. The van der Waals surface area contributed by atoms with Crippen LogP contribution in [-0.4, -0.2) is 9.55 Å². The molecule has 112 valence electrons. The van der Waals surface area contributed by atoms with E-state index >= 15 is 0 Å². The third-order valence-electron chi connectivity index (χ3n) is 4.25. The molecule has 0 saturated carbocycles. The van der Waals surface area contributed by atoms with E-state index in [1.54, 1.807) is 0 Å². The molecular formula is C21H18N2. The van der Waals surface area contributed by atoms with Gasteiger partial charge in [0.15, 0.2) is 0 Å². The third-order valence-corrected chi connectivity index (χ3v) is 4.25. The average molecular weight is 298 g/mol. The van der Waals surface area contributed by atoms with Gasteiger partial charge < -0.3 is 4.57 Å². The van der Waals surface area contributed by atoms with Crippen molar-refractivity contribution in [2.75, 3.05) is 0 Å². The summed E-state index contributed by atoms with van der Waals surface area (Å²) in [6, 6.07) is 23.3. The lowest BCUT2D eigenvalue weighted by Crippen LogP contribution is -1.90. The number of hydrogen-bond donors (Lipinski definition) is 0. The van der Waals surface area contributed by atoms with E-state index in [0.717, 1.165) is 16.9 Å². The molecule has 2 aromatic heterocycles. The van der Waals surface area contributed by atoms with Gasteiger partial charge in [-0.1, -0.05) is 60.2 Å². The van der Waals surface area contributed by atoms with Crippen molar-refractivity contribution in [3.05, 3.63) is 78.5 Å². The van der Waals surface area contributed by atoms with Gasteiger partial charge in [0, 0.05) is 29.8 Å². The highest BCUT2D eigenvalue weighted by molar-refractivity contribution is 5.95. The molecule has 2 heterocycles. The number of fused-ring (bicyclic) bond motifs is 1. The first kappa shape index (κ1) is 13.8. The Kier molecular flexibility index (Phi) is 3.23. The van der Waals surface area contributed by atoms with Crippen molar-refractivity contribution in [3.63, 3.8) is 0 Å². The van der Waals surface area contributed by atoms with Crippen molar-refractivity contribution < 1.29 is 0 Å². The molecule has 0 bridgehead atoms. The molecule has 0 aliphatic rings. The molecular weight excluding hydrogens is 280 g/mol. The van der Waals surface area contributed by atoms with Gasteiger partial charge in [-0.3, -0.25) is 0 Å². The first-order valence-corrected chi connectivity index (χ1v) is 7.81. The topological polar surface area (TPSA) is 17.8 Å². The van der Waals surface area contributed by atoms with Crippen LogP contribution in [0.1, 0.15) is 5.56 Å². The molecule has 0 N–H and O–H groups in total. The van der Waals surface area contributed by atoms with Crippen molar-refractivity contribution in [2.24, 2.45) is 7.05 Å². The molecule has 0 saturated heterocycles. The van der Waals surface area contributed by atoms with Crippen molar-refractivity contribution in [3.8, 4) is 22.4 Å². The molecule has 0 atom stereocenters. The first-order valence-electron chi connectivity index (χ1n) is 7.81. The van der Waals surface area contributed by atoms with Gasteiger partial charge in [-0.15, -0.1) is 0 Å². The van der Waals surface area contributed by atoms with E-state index in [4.69, 9.17) is 4.98 Å². The summed E-state index contributed by atoms with van der Waals surface area (Å²) in [4.78, 5) is 4.88. The largest absolute Gasteiger partial charge is 0.335 e. The number of benzene rings is 2. The zero-order valence-electron chi connectivity index (χ0n) is 13.3. The monoisotopic (exact) mass is 298 g/mol. The fraction of sp³-hybridized carbons (Fsp3) is 0.0952. The predicted octanol–water partition coefficient (Wildman–Crippen LogP) is 5.22. The molecule has 0 amide bonds. The van der Waals surface area contributed by atoms with E-state index in [9.17, 15) is 0 Å². The summed E-state index contributed by atoms with van der Waals surface area (Å²) in [6.45, 7) is 2.10. The van der Waals surface area contributed by atoms with Crippen LogP contribution in [0.25, 0.3) is 33.4 Å². The maximum Gasteiger partial charge on any atom is 0.140 e. The Labute approximate surface area is 136 Å². The summed E-state index contributed by atoms with van der Waals surface area (Å²) < 4.78 is 2.11. The molecule has 0 fully saturated rings. The smallest absolute Gasteiger partial charge is 0.140 e. The van der Waals surface area contributed by atoms with E-state index in [2.05, 4.69) is 85.4 Å². The highest BCUT2D eigenvalue weighted by Crippen LogP contribution is 2.31. The van der Waals surface area contributed by atoms with Crippen LogP contribution in [0.2, 0.25) is 0 Å². The van der Waals surface area contributed by atoms with Crippen LogP contribution < -0.4 is 0 Å². The second kappa shape index (κ2) is 5.40. The summed E-state index contributed by atoms with van der Waals surface area (Å²) in [5.41, 5.74) is 6.90. The van der Waals surface area contributed by atoms with E-state index in [1.165, 1.54) is 22.1 Å². The number of rotatable bonds is 2. The molecule has 4 rings (SSSR count). The molecule has 2 nitrogen and oxygen atoms in total. The molecule has 0 aliphatic carbocycles. The Bertz CT molecular complexity index is 964. The number of aryl methyl sites for hydroxylation is 2. The molecule has 2 aromatic carbocycles. The van der Waals surface area contributed by atoms with Crippen LogP contribution in [0.4, 0.5) is 0 Å². The molecule has 0 radical (unpaired) electrons. The fourth-order valence-electron chi connectivity index (χ4n) is 2.98. The highest BCUT2D eigenvalue weighted by atomic mass is 15.0. The van der Waals surface area contributed by atoms with E-state index in [-0.39, 0.29) is 0 Å². The molecule has 2 heteroatoms. The Morgan fingerprint density at radius 1 is 0.783 bits per heavy atom. The van der Waals surface area contributed by atoms with Gasteiger partial charge in [0.25, 0.3) is 0 Å². The van der Waals surface area contributed by atoms with Crippen LogP contribution in [0.15, 0.2) is 72.9 Å². The number of hydrogen-bond acceptors (Lipinski definition) is 1. The molecule has 0 aliphatic heterocycles. The number of aromatic nitrogens is 2. The number of pyridine rings is 1. The standard InChI is InChI=1S/C21H18N2/c1-15-8-10-17(11-9-15)20-13-12-18-19(14-23(2)21(18)22-20)16-6-4-3-5-7-16/h3-14H,1-2H3. The lowest BCUT2D eigenvalue weighted by molar-refractivity contribution is 0.950. The van der Waals surface area contributed by atoms with Crippen LogP contribution in [0.5, 0.6) is 0 Å². The third kappa shape index (κ3) is 2.42. The SMILES string of the molecule is Cc1ccc(-c2ccc3c(-c4ccccc4)cn(C)c3n2)cc1. The minimum absolute atomic E-state index is 1.01. The maximum atomic E-state index is 4.88. The Morgan fingerprint density at radius 2 is 1.52 bits per heavy atom. The van der Waals surface area contributed by atoms with Crippen LogP contribution >= 0.6 is 0 Å². The second-order valence-electron chi connectivity index (χ2n) is 5.95. The normalized spacial score (nSPS) is 11.0. The summed E-state index contributed by atoms with van der Waals surface area (Å²) in [6.07, 6.45) is 2.16. The minimum atomic E-state index is 1.01. The average Bonchev–Trinajstić information content (AvgIpc) is 2.93. The van der Waals surface area contributed by atoms with Gasteiger partial charge in [-0.05, 0) is 24.6 Å². The predicted molar refractivity (Wildman–Crippen MR) is 96.3 cm³/mol. The fourth-order valence-corrected chi connectivity index (χ4v) is 2.98. The zero-order valence-corrected chi connectivity index (χ0v) is 13.3. The Morgan fingerprint density at radius 3 is 2.26 bits per heavy atom. The second-order valence-corrected chi connectivity index (χ2v) is 5.95. The Balaban J connectivity index is 1.87. The van der Waals surface area contributed by atoms with Gasteiger partial charge in [-0.2, -0.15) is 0 Å². The lowest BCUT2D eigenvalue weighted by Gasteiger charge is -2.04. The number of nitrogens with zero attached hydrogens (tertiary/aromatic N) is 2.